The highest BCUT2D eigenvalue weighted by Crippen LogP contribution is 2.47. The molecule has 3 heteroatoms. The van der Waals surface area contributed by atoms with Crippen molar-refractivity contribution in [1.29, 1.82) is 0 Å². The van der Waals surface area contributed by atoms with Crippen LogP contribution in [0.25, 0.3) is 84.9 Å². The lowest BCUT2D eigenvalue weighted by Gasteiger charge is -2.29. The Hall–Kier alpha value is -6.78. The summed E-state index contributed by atoms with van der Waals surface area (Å²) in [7, 11) is 0. The molecule has 0 radical (unpaired) electrons. The lowest BCUT2D eigenvalue weighted by molar-refractivity contribution is 1.29. The van der Waals surface area contributed by atoms with Gasteiger partial charge in [-0.1, -0.05) is 170 Å². The minimum Gasteiger partial charge on any atom is -0.310 e. The first-order valence-corrected chi connectivity index (χ1v) is 21.0. The van der Waals surface area contributed by atoms with E-state index in [0.29, 0.717) is 0 Å². The molecule has 0 aliphatic heterocycles. The van der Waals surface area contributed by atoms with Crippen molar-refractivity contribution >= 4 is 80.1 Å². The number of fused-ring (bicyclic) bond motifs is 6. The van der Waals surface area contributed by atoms with Gasteiger partial charge in [0.05, 0.1) is 5.69 Å². The molecular weight excluding hydrogens is 727 g/mol. The van der Waals surface area contributed by atoms with Crippen molar-refractivity contribution in [2.45, 2.75) is 0 Å². The van der Waals surface area contributed by atoms with Crippen LogP contribution < -0.4 is 4.90 Å². The molecule has 0 fully saturated rings. The first-order chi connectivity index (χ1) is 28.3. The lowest BCUT2D eigenvalue weighted by atomic mass is 9.88. The fourth-order valence-corrected chi connectivity index (χ4v) is 10.9. The van der Waals surface area contributed by atoms with Crippen LogP contribution in [0, 0.1) is 0 Å². The van der Waals surface area contributed by atoms with Crippen LogP contribution in [0.1, 0.15) is 0 Å². The Morgan fingerprint density at radius 1 is 0.281 bits per heavy atom. The van der Waals surface area contributed by atoms with Gasteiger partial charge in [0.15, 0.2) is 0 Å². The van der Waals surface area contributed by atoms with Crippen molar-refractivity contribution in [2.75, 3.05) is 4.90 Å². The molecule has 2 heterocycles. The molecule has 0 spiro atoms. The van der Waals surface area contributed by atoms with E-state index in [9.17, 15) is 0 Å². The second-order valence-corrected chi connectivity index (χ2v) is 16.6. The van der Waals surface area contributed by atoms with Gasteiger partial charge < -0.3 is 4.90 Å². The number of para-hydroxylation sites is 1. The lowest BCUT2D eigenvalue weighted by Crippen LogP contribution is -2.11. The third-order valence-corrected chi connectivity index (χ3v) is 13.5. The Bertz CT molecular complexity index is 3240. The van der Waals surface area contributed by atoms with Crippen molar-refractivity contribution in [1.82, 2.24) is 0 Å². The number of benzene rings is 9. The number of hydrogen-bond acceptors (Lipinski definition) is 3. The van der Waals surface area contributed by atoms with E-state index in [2.05, 4.69) is 217 Å². The van der Waals surface area contributed by atoms with Gasteiger partial charge in [-0.05, 0) is 81.4 Å². The third kappa shape index (κ3) is 5.83. The van der Waals surface area contributed by atoms with Gasteiger partial charge in [-0.25, -0.2) is 0 Å². The molecule has 1 nitrogen and oxygen atoms in total. The van der Waals surface area contributed by atoms with Crippen molar-refractivity contribution in [3.05, 3.63) is 212 Å². The topological polar surface area (TPSA) is 3.24 Å². The van der Waals surface area contributed by atoms with Crippen molar-refractivity contribution in [3.63, 3.8) is 0 Å². The fourth-order valence-electron chi connectivity index (χ4n) is 8.48. The largest absolute Gasteiger partial charge is 0.310 e. The Balaban J connectivity index is 1.09. The van der Waals surface area contributed by atoms with Gasteiger partial charge in [-0.3, -0.25) is 0 Å². The van der Waals surface area contributed by atoms with Crippen LogP contribution in [0.15, 0.2) is 212 Å². The van der Waals surface area contributed by atoms with Gasteiger partial charge in [0, 0.05) is 57.3 Å². The average Bonchev–Trinajstić information content (AvgIpc) is 3.86. The molecule has 0 N–H and O–H groups in total. The van der Waals surface area contributed by atoms with Gasteiger partial charge in [-0.15, -0.1) is 22.7 Å². The van der Waals surface area contributed by atoms with Crippen LogP contribution >= 0.6 is 22.7 Å². The molecule has 0 amide bonds. The van der Waals surface area contributed by atoms with Crippen molar-refractivity contribution in [3.8, 4) is 44.5 Å². The summed E-state index contributed by atoms with van der Waals surface area (Å²) in [6.45, 7) is 0. The molecule has 0 atom stereocenters. The number of anilines is 3. The fraction of sp³-hybridized carbons (Fsp3) is 0. The quantitative estimate of drug-likeness (QED) is 0.156. The molecule has 57 heavy (non-hydrogen) atoms. The molecule has 9 aromatic carbocycles. The monoisotopic (exact) mass is 761 g/mol. The van der Waals surface area contributed by atoms with E-state index in [4.69, 9.17) is 0 Å². The van der Waals surface area contributed by atoms with E-state index in [0.717, 1.165) is 17.1 Å². The molecule has 11 aromatic rings. The van der Waals surface area contributed by atoms with Crippen LogP contribution in [0.4, 0.5) is 17.1 Å². The minimum atomic E-state index is 1.11. The summed E-state index contributed by atoms with van der Waals surface area (Å²) in [5.41, 5.74) is 13.1. The maximum Gasteiger partial charge on any atom is 0.0540 e. The van der Waals surface area contributed by atoms with E-state index in [-0.39, 0.29) is 0 Å². The van der Waals surface area contributed by atoms with Crippen molar-refractivity contribution < 1.29 is 0 Å². The molecule has 268 valence electrons. The molecule has 0 saturated heterocycles. The zero-order chi connectivity index (χ0) is 37.7. The molecule has 0 aliphatic carbocycles. The van der Waals surface area contributed by atoms with E-state index in [1.807, 2.05) is 22.7 Å². The molecule has 0 saturated carbocycles. The van der Waals surface area contributed by atoms with Gasteiger partial charge in [-0.2, -0.15) is 0 Å². The van der Waals surface area contributed by atoms with Gasteiger partial charge >= 0.3 is 0 Å². The second kappa shape index (κ2) is 14.1. The second-order valence-electron chi connectivity index (χ2n) is 14.4. The van der Waals surface area contributed by atoms with Crippen LogP contribution in [0.3, 0.4) is 0 Å². The zero-order valence-electron chi connectivity index (χ0n) is 31.0. The normalized spacial score (nSPS) is 11.5. The summed E-state index contributed by atoms with van der Waals surface area (Å²) >= 11 is 3.74. The summed E-state index contributed by atoms with van der Waals surface area (Å²) in [6, 6.07) is 77.6. The third-order valence-electron chi connectivity index (χ3n) is 11.1. The maximum absolute atomic E-state index is 2.45. The van der Waals surface area contributed by atoms with E-state index in [1.165, 1.54) is 84.9 Å². The number of thiophene rings is 2. The van der Waals surface area contributed by atoms with Crippen LogP contribution in [0.2, 0.25) is 0 Å². The highest BCUT2D eigenvalue weighted by Gasteiger charge is 2.21. The summed E-state index contributed by atoms with van der Waals surface area (Å²) in [5, 5.41) is 5.24. The zero-order valence-corrected chi connectivity index (χ0v) is 32.6. The summed E-state index contributed by atoms with van der Waals surface area (Å²) in [6.07, 6.45) is 0. The number of hydrogen-bond donors (Lipinski definition) is 0. The van der Waals surface area contributed by atoms with Gasteiger partial charge in [0.1, 0.15) is 0 Å². The maximum atomic E-state index is 2.45. The van der Waals surface area contributed by atoms with Crippen LogP contribution in [0.5, 0.6) is 0 Å². The highest BCUT2D eigenvalue weighted by molar-refractivity contribution is 7.26. The number of nitrogens with zero attached hydrogens (tertiary/aromatic N) is 1. The molecule has 0 aliphatic rings. The summed E-state index contributed by atoms with van der Waals surface area (Å²) in [4.78, 5) is 2.45. The Morgan fingerprint density at radius 3 is 1.53 bits per heavy atom. The molecular formula is C54H35NS2. The molecule has 11 rings (SSSR count). The number of rotatable bonds is 7. The summed E-state index contributed by atoms with van der Waals surface area (Å²) < 4.78 is 5.24. The first kappa shape index (κ1) is 33.5. The minimum absolute atomic E-state index is 1.11. The highest BCUT2D eigenvalue weighted by atomic mass is 32.1. The average molecular weight is 762 g/mol. The predicted molar refractivity (Wildman–Crippen MR) is 249 cm³/mol. The van der Waals surface area contributed by atoms with E-state index >= 15 is 0 Å². The SMILES string of the molecule is c1ccc(-c2ccccc2-c2ccccc2-c2ccccc2N(c2ccc(-c3cccc4c3sc3ccccc34)cc2)c2ccc3c(c2)sc2ccccc23)cc1. The Labute approximate surface area is 340 Å². The van der Waals surface area contributed by atoms with Crippen LogP contribution in [-0.2, 0) is 0 Å². The molecule has 0 unspecified atom stereocenters. The van der Waals surface area contributed by atoms with E-state index < -0.39 is 0 Å². The first-order valence-electron chi connectivity index (χ1n) is 19.3. The van der Waals surface area contributed by atoms with Crippen molar-refractivity contribution in [2.24, 2.45) is 0 Å². The predicted octanol–water partition coefficient (Wildman–Crippen LogP) is 16.6. The summed E-state index contributed by atoms with van der Waals surface area (Å²) in [5.74, 6) is 0. The van der Waals surface area contributed by atoms with Gasteiger partial charge in [0.2, 0.25) is 0 Å². The van der Waals surface area contributed by atoms with Crippen LogP contribution in [-0.4, -0.2) is 0 Å². The molecule has 0 bridgehead atoms. The van der Waals surface area contributed by atoms with E-state index in [1.54, 1.807) is 0 Å². The Kier molecular flexibility index (Phi) is 8.28. The van der Waals surface area contributed by atoms with Gasteiger partial charge in [0.25, 0.3) is 0 Å². The standard InChI is InChI=1S/C54H35NS2/c1-2-15-36(16-3-1)40-17-4-5-18-42(40)43-19-6-7-20-44(43)45-21-8-11-26-50(45)55(39-33-34-48-46-22-9-12-27-51(46)56-53(48)35-39)38-31-29-37(30-32-38)41-24-14-25-49-47-23-10-13-28-52(47)57-54(41)49/h1-35H. The Morgan fingerprint density at radius 2 is 0.772 bits per heavy atom. The molecule has 2 aromatic heterocycles. The smallest absolute Gasteiger partial charge is 0.0540 e.